The van der Waals surface area contributed by atoms with Gasteiger partial charge in [-0.2, -0.15) is 0 Å². The summed E-state index contributed by atoms with van der Waals surface area (Å²) in [5, 5.41) is 11.6. The first-order valence-electron chi connectivity index (χ1n) is 6.17. The van der Waals surface area contributed by atoms with E-state index in [1.165, 1.54) is 29.5 Å². The Morgan fingerprint density at radius 2 is 2.24 bits per heavy atom. The molecule has 0 aliphatic carbocycles. The molecule has 2 rings (SSSR count). The van der Waals surface area contributed by atoms with Gasteiger partial charge in [-0.15, -0.1) is 10.2 Å². The van der Waals surface area contributed by atoms with E-state index in [9.17, 15) is 9.18 Å². The molecule has 0 saturated heterocycles. The van der Waals surface area contributed by atoms with Crippen molar-refractivity contribution >= 4 is 34.0 Å². The Kier molecular flexibility index (Phi) is 5.08. The van der Waals surface area contributed by atoms with Crippen molar-refractivity contribution in [1.29, 1.82) is 0 Å². The number of hydrogen-bond acceptors (Lipinski definition) is 5. The zero-order valence-electron chi connectivity index (χ0n) is 11.4. The van der Waals surface area contributed by atoms with E-state index in [1.54, 1.807) is 0 Å². The number of anilines is 1. The number of carbonyl (C=O) groups excluding carboxylic acids is 1. The van der Waals surface area contributed by atoms with Crippen LogP contribution in [0.5, 0.6) is 5.75 Å². The fourth-order valence-corrected chi connectivity index (χ4v) is 2.32. The zero-order valence-corrected chi connectivity index (χ0v) is 13.0. The number of aromatic nitrogens is 2. The van der Waals surface area contributed by atoms with E-state index < -0.39 is 5.82 Å². The molecule has 0 aliphatic heterocycles. The number of amides is 1. The summed E-state index contributed by atoms with van der Waals surface area (Å²) in [4.78, 5) is 11.7. The Bertz CT molecular complexity index is 648. The Morgan fingerprint density at radius 1 is 1.48 bits per heavy atom. The van der Waals surface area contributed by atoms with Crippen LogP contribution in [-0.2, 0) is 4.79 Å². The van der Waals surface area contributed by atoms with E-state index in [1.807, 2.05) is 13.8 Å². The lowest BCUT2D eigenvalue weighted by atomic mass is 10.2. The van der Waals surface area contributed by atoms with Crippen LogP contribution in [-0.4, -0.2) is 22.7 Å². The number of rotatable bonds is 5. The molecule has 0 atom stereocenters. The number of benzene rings is 1. The first kappa shape index (κ1) is 15.7. The van der Waals surface area contributed by atoms with Gasteiger partial charge in [0.15, 0.2) is 6.61 Å². The van der Waals surface area contributed by atoms with Crippen LogP contribution in [0.4, 0.5) is 9.52 Å². The topological polar surface area (TPSA) is 64.1 Å². The van der Waals surface area contributed by atoms with Gasteiger partial charge in [0.2, 0.25) is 5.13 Å². The molecule has 21 heavy (non-hydrogen) atoms. The molecule has 2 aromatic rings. The number of ether oxygens (including phenoxy) is 1. The third-order valence-electron chi connectivity index (χ3n) is 2.44. The van der Waals surface area contributed by atoms with Gasteiger partial charge in [0.25, 0.3) is 5.91 Å². The maximum absolute atomic E-state index is 13.0. The highest BCUT2D eigenvalue weighted by molar-refractivity contribution is 7.15. The van der Waals surface area contributed by atoms with Gasteiger partial charge in [0.05, 0.1) is 5.02 Å². The van der Waals surface area contributed by atoms with E-state index in [-0.39, 0.29) is 23.5 Å². The predicted octanol–water partition coefficient (Wildman–Crippen LogP) is 3.47. The van der Waals surface area contributed by atoms with Crippen LogP contribution >= 0.6 is 22.9 Å². The lowest BCUT2D eigenvalue weighted by Gasteiger charge is -2.06. The quantitative estimate of drug-likeness (QED) is 0.912. The Labute approximate surface area is 130 Å². The van der Waals surface area contributed by atoms with Crippen LogP contribution in [0.25, 0.3) is 0 Å². The van der Waals surface area contributed by atoms with E-state index in [0.29, 0.717) is 10.9 Å². The molecule has 0 spiro atoms. The third-order valence-corrected chi connectivity index (χ3v) is 3.87. The van der Waals surface area contributed by atoms with Gasteiger partial charge < -0.3 is 4.74 Å². The fourth-order valence-electron chi connectivity index (χ4n) is 1.39. The monoisotopic (exact) mass is 329 g/mol. The molecule has 0 aliphatic rings. The molecule has 1 aromatic carbocycles. The number of nitrogens with one attached hydrogen (secondary N) is 1. The summed E-state index contributed by atoms with van der Waals surface area (Å²) < 4.78 is 18.2. The first-order valence-corrected chi connectivity index (χ1v) is 7.36. The molecule has 0 bridgehead atoms. The van der Waals surface area contributed by atoms with Gasteiger partial charge in [-0.05, 0) is 12.1 Å². The van der Waals surface area contributed by atoms with Crippen LogP contribution in [0.2, 0.25) is 5.02 Å². The molecule has 0 unspecified atom stereocenters. The van der Waals surface area contributed by atoms with Crippen molar-refractivity contribution in [2.24, 2.45) is 0 Å². The minimum atomic E-state index is -0.538. The van der Waals surface area contributed by atoms with Crippen molar-refractivity contribution in [2.45, 2.75) is 19.8 Å². The summed E-state index contributed by atoms with van der Waals surface area (Å²) in [6.45, 7) is 3.76. The second-order valence-corrected chi connectivity index (χ2v) is 5.93. The molecule has 1 aromatic heterocycles. The molecule has 5 nitrogen and oxygen atoms in total. The van der Waals surface area contributed by atoms with Gasteiger partial charge in [-0.25, -0.2) is 4.39 Å². The second kappa shape index (κ2) is 6.82. The molecule has 1 heterocycles. The number of hydrogen-bond donors (Lipinski definition) is 1. The fraction of sp³-hybridized carbons (Fsp3) is 0.308. The normalized spacial score (nSPS) is 10.7. The van der Waals surface area contributed by atoms with Crippen molar-refractivity contribution < 1.29 is 13.9 Å². The molecule has 1 amide bonds. The minimum Gasteiger partial charge on any atom is -0.484 e. The summed E-state index contributed by atoms with van der Waals surface area (Å²) >= 11 is 6.93. The summed E-state index contributed by atoms with van der Waals surface area (Å²) in [5.74, 6) is -0.340. The van der Waals surface area contributed by atoms with E-state index in [4.69, 9.17) is 16.3 Å². The van der Waals surface area contributed by atoms with Gasteiger partial charge in [-0.3, -0.25) is 10.1 Å². The summed E-state index contributed by atoms with van der Waals surface area (Å²) in [6.07, 6.45) is 0. The molecule has 1 N–H and O–H groups in total. The lowest BCUT2D eigenvalue weighted by Crippen LogP contribution is -2.20. The maximum Gasteiger partial charge on any atom is 0.264 e. The number of nitrogens with zero attached hydrogens (tertiary/aromatic N) is 2. The summed E-state index contributed by atoms with van der Waals surface area (Å²) in [7, 11) is 0. The van der Waals surface area contributed by atoms with E-state index >= 15 is 0 Å². The SMILES string of the molecule is CC(C)c1nnc(NC(=O)COc2ccc(F)c(Cl)c2)s1. The predicted molar refractivity (Wildman–Crippen MR) is 79.5 cm³/mol. The first-order chi connectivity index (χ1) is 9.95. The molecule has 8 heteroatoms. The van der Waals surface area contributed by atoms with Crippen molar-refractivity contribution in [1.82, 2.24) is 10.2 Å². The Morgan fingerprint density at radius 3 is 2.86 bits per heavy atom. The number of halogens is 2. The Hall–Kier alpha value is -1.73. The number of carbonyl (C=O) groups is 1. The molecule has 112 valence electrons. The van der Waals surface area contributed by atoms with Crippen molar-refractivity contribution in [2.75, 3.05) is 11.9 Å². The molecule has 0 saturated carbocycles. The van der Waals surface area contributed by atoms with Crippen LogP contribution in [0.15, 0.2) is 18.2 Å². The van der Waals surface area contributed by atoms with Crippen LogP contribution in [0.1, 0.15) is 24.8 Å². The van der Waals surface area contributed by atoms with Crippen molar-refractivity contribution in [3.63, 3.8) is 0 Å². The molecule has 0 radical (unpaired) electrons. The maximum atomic E-state index is 13.0. The summed E-state index contributed by atoms with van der Waals surface area (Å²) in [6, 6.07) is 3.89. The standard InChI is InChI=1S/C13H13ClFN3O2S/c1-7(2)12-17-18-13(21-12)16-11(19)6-20-8-3-4-10(15)9(14)5-8/h3-5,7H,6H2,1-2H3,(H,16,18,19). The molecular formula is C13H13ClFN3O2S. The van der Waals surface area contributed by atoms with Gasteiger partial charge in [0, 0.05) is 12.0 Å². The largest absolute Gasteiger partial charge is 0.484 e. The highest BCUT2D eigenvalue weighted by Crippen LogP contribution is 2.23. The average molecular weight is 330 g/mol. The van der Waals surface area contributed by atoms with Crippen LogP contribution in [0, 0.1) is 5.82 Å². The van der Waals surface area contributed by atoms with E-state index in [0.717, 1.165) is 5.01 Å². The van der Waals surface area contributed by atoms with Gasteiger partial charge in [0.1, 0.15) is 16.6 Å². The van der Waals surface area contributed by atoms with Crippen LogP contribution < -0.4 is 10.1 Å². The summed E-state index contributed by atoms with van der Waals surface area (Å²) in [5.41, 5.74) is 0. The Balaban J connectivity index is 1.88. The van der Waals surface area contributed by atoms with Gasteiger partial charge in [-0.1, -0.05) is 36.8 Å². The van der Waals surface area contributed by atoms with Crippen molar-refractivity contribution in [3.05, 3.63) is 34.0 Å². The zero-order chi connectivity index (χ0) is 15.4. The lowest BCUT2D eigenvalue weighted by molar-refractivity contribution is -0.118. The molecule has 0 fully saturated rings. The highest BCUT2D eigenvalue weighted by atomic mass is 35.5. The van der Waals surface area contributed by atoms with E-state index in [2.05, 4.69) is 15.5 Å². The van der Waals surface area contributed by atoms with Gasteiger partial charge >= 0.3 is 0 Å². The van der Waals surface area contributed by atoms with Crippen LogP contribution in [0.3, 0.4) is 0 Å². The average Bonchev–Trinajstić information content (AvgIpc) is 2.89. The third kappa shape index (κ3) is 4.37. The minimum absolute atomic E-state index is 0.0568. The second-order valence-electron chi connectivity index (χ2n) is 4.51. The van der Waals surface area contributed by atoms with Crippen molar-refractivity contribution in [3.8, 4) is 5.75 Å². The molecular weight excluding hydrogens is 317 g/mol. The highest BCUT2D eigenvalue weighted by Gasteiger charge is 2.11. The smallest absolute Gasteiger partial charge is 0.264 e.